The zero-order chi connectivity index (χ0) is 87.5. The van der Waals surface area contributed by atoms with Crippen molar-refractivity contribution in [1.29, 1.82) is 0 Å². The van der Waals surface area contributed by atoms with E-state index in [1.54, 1.807) is 0 Å². The van der Waals surface area contributed by atoms with E-state index in [0.29, 0.717) is 51.9 Å². The minimum absolute atomic E-state index is 0.00246. The molecule has 7 aromatic carbocycles. The maximum Gasteiger partial charge on any atom is 0.397 e. The van der Waals surface area contributed by atoms with E-state index < -0.39 is 39.1 Å². The molecule has 2 aliphatic rings. The normalized spacial score (nSPS) is 17.4. The molecule has 2 aromatic heterocycles. The number of fused-ring (bicyclic) bond motifs is 6. The third-order valence-electron chi connectivity index (χ3n) is 21.7. The minimum Gasteiger partial charge on any atom is -0.507 e. The van der Waals surface area contributed by atoms with Gasteiger partial charge in [-0.3, -0.25) is 9.05 Å². The van der Waals surface area contributed by atoms with Crippen molar-refractivity contribution in [2.45, 2.75) is 322 Å². The van der Waals surface area contributed by atoms with Gasteiger partial charge in [0.15, 0.2) is 0 Å². The zero-order valence-corrected chi connectivity index (χ0v) is 81.9. The Bertz CT molecular complexity index is 4910. The van der Waals surface area contributed by atoms with Gasteiger partial charge in [-0.05, 0) is 169 Å². The third-order valence-corrected chi connectivity index (χ3v) is 25.9. The second-order valence-corrected chi connectivity index (χ2v) is 48.7. The fraction of sp³-hybridized carbons (Fsp3) is 0.576. The van der Waals surface area contributed by atoms with Crippen molar-refractivity contribution >= 4 is 77.6 Å². The lowest BCUT2D eigenvalue weighted by Crippen LogP contribution is -2.45. The molecule has 0 aliphatic carbocycles. The van der Waals surface area contributed by atoms with Crippen molar-refractivity contribution in [3.8, 4) is 17.2 Å². The summed E-state index contributed by atoms with van der Waals surface area (Å²) in [7, 11) is -6.39. The first-order chi connectivity index (χ1) is 53.5. The van der Waals surface area contributed by atoms with Crippen molar-refractivity contribution < 1.29 is 58.1 Å². The van der Waals surface area contributed by atoms with Gasteiger partial charge in [-0.2, -0.15) is 0 Å². The Morgan fingerprint density at radius 2 is 0.667 bits per heavy atom. The van der Waals surface area contributed by atoms with Crippen molar-refractivity contribution in [2.75, 3.05) is 46.2 Å². The number of phenolic OH excluding ortho intramolecular Hbond substituents is 1. The van der Waals surface area contributed by atoms with Crippen LogP contribution in [0, 0.1) is 26.2 Å². The van der Waals surface area contributed by atoms with Crippen LogP contribution in [-0.2, 0) is 84.1 Å². The molecule has 14 nitrogen and oxygen atoms in total. The van der Waals surface area contributed by atoms with Gasteiger partial charge in [0, 0.05) is 61.5 Å². The minimum atomic E-state index is -1.67. The Hall–Kier alpha value is -5.68. The molecule has 4 heterocycles. The van der Waals surface area contributed by atoms with Crippen LogP contribution in [0.25, 0.3) is 43.9 Å². The lowest BCUT2D eigenvalue weighted by molar-refractivity contribution is -0.0674. The van der Waals surface area contributed by atoms with Crippen molar-refractivity contribution in [1.82, 2.24) is 0 Å². The number of aromatic hydroxyl groups is 1. The molecular weight excluding hydrogens is 1530 g/mol. The van der Waals surface area contributed by atoms with Gasteiger partial charge >= 0.3 is 33.7 Å². The van der Waals surface area contributed by atoms with Crippen LogP contribution in [0.1, 0.15) is 318 Å². The highest BCUT2D eigenvalue weighted by molar-refractivity contribution is 7.42. The number of rotatable bonds is 12. The van der Waals surface area contributed by atoms with Gasteiger partial charge in [-0.15, -0.1) is 0 Å². The van der Waals surface area contributed by atoms with Gasteiger partial charge in [-0.1, -0.05) is 300 Å². The Morgan fingerprint density at radius 1 is 0.350 bits per heavy atom. The average molecular weight is 1680 g/mol. The number of phenols is 1. The molecule has 18 heteroatoms. The molecule has 0 amide bonds. The average Bonchev–Trinajstić information content (AvgIpc) is 1.69. The number of aryl methyl sites for hydroxylation is 4. The Labute approximate surface area is 708 Å². The standard InChI is InChI=1S/C38H53O4P.C35H54O6P2.C26H38NO3P/c1-24-19-25(20-30(33(24)39)37(8,9)10)15-14-18-40-43-41-32-17-16-26(35(2,3)4)21-28(32)29-22-27(36(5,6)7)23-31(34(29)42-43)38(11,12)13;1-23-15-25(31(3,4)5)29(26(16-23)32(6,7)8)40-42-36-19-35(20-37-42)21-38-43(39-22-35)41-30-27(33(9,10)11)17-24(2)18-28(30)34(12,13)14;1-24(2,3)17-10-11-22-19(14-17)20-15-18(25(4,5)6)16-21(26(7,8)9)23(20)30-31(29-22)28-13-12-27/h16-17,19-23,39H,14-15,18H2,1-13H3;15-18H,19-22H2,1-14H3;10-11,14-16H,12-13,27H2,1-9H3. The van der Waals surface area contributed by atoms with Crippen LogP contribution >= 0.6 is 33.7 Å². The molecule has 2 saturated heterocycles. The monoisotopic (exact) mass is 1680 g/mol. The predicted octanol–water partition coefficient (Wildman–Crippen LogP) is 29.6. The molecular formula is C99H145NO13P4. The summed E-state index contributed by atoms with van der Waals surface area (Å²) in [4.78, 5) is 0. The highest BCUT2D eigenvalue weighted by atomic mass is 31.2. The summed E-state index contributed by atoms with van der Waals surface area (Å²) in [6.07, 6.45) is 1.66. The van der Waals surface area contributed by atoms with Gasteiger partial charge < -0.3 is 54.8 Å². The smallest absolute Gasteiger partial charge is 0.397 e. The van der Waals surface area contributed by atoms with Crippen LogP contribution < -0.4 is 23.8 Å². The second kappa shape index (κ2) is 35.3. The van der Waals surface area contributed by atoms with E-state index in [9.17, 15) is 5.11 Å². The summed E-state index contributed by atoms with van der Waals surface area (Å²) in [5.41, 5.74) is 25.5. The molecule has 2 fully saturated rings. The lowest BCUT2D eigenvalue weighted by Gasteiger charge is -2.42. The van der Waals surface area contributed by atoms with E-state index >= 15 is 0 Å². The Morgan fingerprint density at radius 3 is 0.974 bits per heavy atom. The molecule has 9 aromatic rings. The molecule has 644 valence electrons. The van der Waals surface area contributed by atoms with Crippen LogP contribution in [0.15, 0.2) is 114 Å². The van der Waals surface area contributed by atoms with Crippen LogP contribution in [0.4, 0.5) is 0 Å². The maximum absolute atomic E-state index is 10.6. The first-order valence-corrected chi connectivity index (χ1v) is 46.4. The molecule has 3 N–H and O–H groups in total. The van der Waals surface area contributed by atoms with E-state index in [1.807, 2.05) is 6.92 Å². The second-order valence-electron chi connectivity index (χ2n) is 44.3. The van der Waals surface area contributed by atoms with Crippen molar-refractivity contribution in [2.24, 2.45) is 11.1 Å². The molecule has 0 saturated carbocycles. The van der Waals surface area contributed by atoms with Crippen LogP contribution in [0.5, 0.6) is 17.2 Å². The first kappa shape index (κ1) is 95.2. The van der Waals surface area contributed by atoms with Crippen LogP contribution in [0.2, 0.25) is 0 Å². The summed E-state index contributed by atoms with van der Waals surface area (Å²) in [5.74, 6) is 2.15. The zero-order valence-electron chi connectivity index (χ0n) is 78.3. The van der Waals surface area contributed by atoms with Gasteiger partial charge in [0.1, 0.15) is 39.6 Å². The molecule has 0 radical (unpaired) electrons. The Balaban J connectivity index is 0.000000203. The SMILES string of the molecule is CC(C)(C)c1ccc2op(OCCN)oc3c(C(C)(C)C)cc(C(C)(C)C)cc3c2c1.Cc1cc(C(C)(C)C)c(OP2OCC3(CO2)COP(Oc2c(C(C)(C)C)cc(C)cc2C(C)(C)C)OC3)c(C(C)(C)C)c1.Cc1cc(CCCOp2oc3ccc(C(C)(C)C)cc3c3cc(C(C)(C)C)cc(C(C)(C)C)c3o2)cc(C(C)(C)C)c1O. The van der Waals surface area contributed by atoms with Crippen molar-refractivity contribution in [3.63, 3.8) is 0 Å². The highest BCUT2D eigenvalue weighted by Gasteiger charge is 2.47. The number of hydrogen-bond donors (Lipinski definition) is 2. The summed E-state index contributed by atoms with van der Waals surface area (Å²) in [6, 6.07) is 35.2. The van der Waals surface area contributed by atoms with E-state index in [0.717, 1.165) is 90.5 Å². The predicted molar refractivity (Wildman–Crippen MR) is 495 cm³/mol. The quantitative estimate of drug-likeness (QED) is 0.0874. The van der Waals surface area contributed by atoms with E-state index in [-0.39, 0.29) is 59.6 Å². The van der Waals surface area contributed by atoms with Gasteiger partial charge in [0.05, 0.1) is 45.1 Å². The maximum atomic E-state index is 10.6. The van der Waals surface area contributed by atoms with Crippen molar-refractivity contribution in [3.05, 3.63) is 181 Å². The molecule has 2 unspecified atom stereocenters. The summed E-state index contributed by atoms with van der Waals surface area (Å²) in [6.45, 7) is 82.7. The lowest BCUT2D eigenvalue weighted by atomic mass is 9.78. The van der Waals surface area contributed by atoms with Crippen LogP contribution in [-0.4, -0.2) is 51.3 Å². The third kappa shape index (κ3) is 23.8. The van der Waals surface area contributed by atoms with E-state index in [4.69, 9.17) is 58.7 Å². The van der Waals surface area contributed by atoms with Gasteiger partial charge in [-0.25, -0.2) is 0 Å². The van der Waals surface area contributed by atoms with Gasteiger partial charge in [0.2, 0.25) is 0 Å². The molecule has 0 bridgehead atoms. The summed E-state index contributed by atoms with van der Waals surface area (Å²) in [5, 5.41) is 14.9. The number of nitrogens with two attached hydrogens (primary N) is 1. The molecule has 1 spiro atoms. The largest absolute Gasteiger partial charge is 0.507 e. The van der Waals surface area contributed by atoms with Crippen LogP contribution in [0.3, 0.4) is 0 Å². The van der Waals surface area contributed by atoms with E-state index in [2.05, 4.69) is 339 Å². The molecule has 11 rings (SSSR count). The number of benzene rings is 7. The molecule has 117 heavy (non-hydrogen) atoms. The molecule has 2 aliphatic heterocycles. The summed E-state index contributed by atoms with van der Waals surface area (Å²) >= 11 is 0. The fourth-order valence-electron chi connectivity index (χ4n) is 14.3. The van der Waals surface area contributed by atoms with Gasteiger partial charge in [0.25, 0.3) is 0 Å². The fourth-order valence-corrected chi connectivity index (χ4v) is 19.0. The Kier molecular flexibility index (Phi) is 28.7. The summed E-state index contributed by atoms with van der Waals surface area (Å²) < 4.78 is 76.5. The van der Waals surface area contributed by atoms with E-state index in [1.165, 1.54) is 61.2 Å². The molecule has 2 atom stereocenters. The first-order valence-electron chi connectivity index (χ1n) is 42.0. The number of hydrogen-bond acceptors (Lipinski definition) is 14. The topological polar surface area (TPSA) is 173 Å². The highest BCUT2D eigenvalue weighted by Crippen LogP contribution is 2.57.